The van der Waals surface area contributed by atoms with Gasteiger partial charge < -0.3 is 19.9 Å². The fraction of sp³-hybridized carbons (Fsp3) is 0.467. The molecule has 0 saturated heterocycles. The van der Waals surface area contributed by atoms with Crippen molar-refractivity contribution in [3.8, 4) is 23.3 Å². The Morgan fingerprint density at radius 1 is 1.32 bits per heavy atom. The van der Waals surface area contributed by atoms with Crippen LogP contribution in [0.2, 0.25) is 0 Å². The number of nitrogens with two attached hydrogens (primary N) is 1. The molecular weight excluding hydrogens is 242 g/mol. The average Bonchev–Trinajstić information content (AvgIpc) is 2.44. The van der Waals surface area contributed by atoms with E-state index in [1.54, 1.807) is 14.2 Å². The molecule has 4 nitrogen and oxygen atoms in total. The van der Waals surface area contributed by atoms with Gasteiger partial charge in [-0.05, 0) is 25.1 Å². The van der Waals surface area contributed by atoms with E-state index in [9.17, 15) is 0 Å². The molecule has 0 aliphatic carbocycles. The van der Waals surface area contributed by atoms with Crippen molar-refractivity contribution in [2.45, 2.75) is 19.4 Å². The molecule has 1 atom stereocenters. The summed E-state index contributed by atoms with van der Waals surface area (Å²) in [5, 5.41) is 0. The quantitative estimate of drug-likeness (QED) is 0.795. The highest BCUT2D eigenvalue weighted by atomic mass is 16.5. The van der Waals surface area contributed by atoms with Crippen molar-refractivity contribution < 1.29 is 14.2 Å². The SMILES string of the molecule is COCCC(C)Oc1ccc(OC)cc1C#CCN. The standard InChI is InChI=1S/C15H21NO3/c1-12(8-10-17-2)19-15-7-6-14(18-3)11-13(15)5-4-9-16/h6-7,11-12H,8-10,16H2,1-3H3. The molecule has 0 radical (unpaired) electrons. The molecular formula is C15H21NO3. The maximum atomic E-state index is 5.87. The molecule has 2 N–H and O–H groups in total. The van der Waals surface area contributed by atoms with Crippen LogP contribution in [0.5, 0.6) is 11.5 Å². The zero-order chi connectivity index (χ0) is 14.1. The predicted octanol–water partition coefficient (Wildman–Crippen LogP) is 1.81. The van der Waals surface area contributed by atoms with Gasteiger partial charge in [0.25, 0.3) is 0 Å². The van der Waals surface area contributed by atoms with Crippen LogP contribution in [-0.4, -0.2) is 33.5 Å². The third-order valence-electron chi connectivity index (χ3n) is 2.57. The molecule has 0 saturated carbocycles. The van der Waals surface area contributed by atoms with Crippen LogP contribution in [0.4, 0.5) is 0 Å². The van der Waals surface area contributed by atoms with Gasteiger partial charge in [-0.2, -0.15) is 0 Å². The van der Waals surface area contributed by atoms with Gasteiger partial charge in [0.15, 0.2) is 0 Å². The molecule has 0 aliphatic rings. The molecule has 0 aromatic heterocycles. The minimum Gasteiger partial charge on any atom is -0.497 e. The number of rotatable bonds is 6. The summed E-state index contributed by atoms with van der Waals surface area (Å²) in [7, 11) is 3.30. The monoisotopic (exact) mass is 263 g/mol. The molecule has 1 aromatic rings. The number of benzene rings is 1. The third-order valence-corrected chi connectivity index (χ3v) is 2.57. The van der Waals surface area contributed by atoms with Gasteiger partial charge in [-0.25, -0.2) is 0 Å². The molecule has 1 aromatic carbocycles. The summed E-state index contributed by atoms with van der Waals surface area (Å²) >= 11 is 0. The lowest BCUT2D eigenvalue weighted by atomic mass is 10.2. The van der Waals surface area contributed by atoms with E-state index in [4.69, 9.17) is 19.9 Å². The lowest BCUT2D eigenvalue weighted by Gasteiger charge is -2.16. The van der Waals surface area contributed by atoms with Gasteiger partial charge in [0, 0.05) is 20.1 Å². The van der Waals surface area contributed by atoms with Crippen LogP contribution in [0.1, 0.15) is 18.9 Å². The first-order chi connectivity index (χ1) is 9.21. The molecule has 19 heavy (non-hydrogen) atoms. The molecule has 0 bridgehead atoms. The summed E-state index contributed by atoms with van der Waals surface area (Å²) in [6.45, 7) is 2.99. The van der Waals surface area contributed by atoms with Crippen LogP contribution in [0.25, 0.3) is 0 Å². The van der Waals surface area contributed by atoms with E-state index >= 15 is 0 Å². The Bertz CT molecular complexity index is 448. The number of hydrogen-bond acceptors (Lipinski definition) is 4. The third kappa shape index (κ3) is 5.21. The fourth-order valence-corrected chi connectivity index (χ4v) is 1.54. The van der Waals surface area contributed by atoms with Crippen LogP contribution >= 0.6 is 0 Å². The van der Waals surface area contributed by atoms with E-state index in [-0.39, 0.29) is 6.10 Å². The molecule has 0 aliphatic heterocycles. The predicted molar refractivity (Wildman–Crippen MR) is 75.5 cm³/mol. The maximum Gasteiger partial charge on any atom is 0.135 e. The molecule has 1 rings (SSSR count). The molecule has 0 heterocycles. The van der Waals surface area contributed by atoms with Crippen LogP contribution < -0.4 is 15.2 Å². The lowest BCUT2D eigenvalue weighted by Crippen LogP contribution is -2.14. The average molecular weight is 263 g/mol. The number of hydrogen-bond donors (Lipinski definition) is 1. The zero-order valence-electron chi connectivity index (χ0n) is 11.7. The van der Waals surface area contributed by atoms with E-state index in [1.807, 2.05) is 25.1 Å². The Balaban J connectivity index is 2.86. The largest absolute Gasteiger partial charge is 0.497 e. The fourth-order valence-electron chi connectivity index (χ4n) is 1.54. The van der Waals surface area contributed by atoms with Gasteiger partial charge in [0.05, 0.1) is 25.3 Å². The summed E-state index contributed by atoms with van der Waals surface area (Å²) in [4.78, 5) is 0. The second kappa shape index (κ2) is 8.41. The first-order valence-electron chi connectivity index (χ1n) is 6.23. The number of methoxy groups -OCH3 is 2. The van der Waals surface area contributed by atoms with Gasteiger partial charge in [-0.15, -0.1) is 0 Å². The Kier molecular flexibility index (Phi) is 6.80. The normalized spacial score (nSPS) is 11.4. The Labute approximate surface area is 114 Å². The Morgan fingerprint density at radius 3 is 2.74 bits per heavy atom. The second-order valence-corrected chi connectivity index (χ2v) is 4.08. The van der Waals surface area contributed by atoms with Crippen LogP contribution in [0, 0.1) is 11.8 Å². The van der Waals surface area contributed by atoms with Gasteiger partial charge >= 0.3 is 0 Å². The molecule has 0 spiro atoms. The van der Waals surface area contributed by atoms with E-state index in [0.717, 1.165) is 23.5 Å². The topological polar surface area (TPSA) is 53.7 Å². The molecule has 0 fully saturated rings. The van der Waals surface area contributed by atoms with Crippen molar-refractivity contribution in [3.63, 3.8) is 0 Å². The summed E-state index contributed by atoms with van der Waals surface area (Å²) in [6.07, 6.45) is 0.888. The van der Waals surface area contributed by atoms with Gasteiger partial charge in [0.1, 0.15) is 11.5 Å². The van der Waals surface area contributed by atoms with E-state index in [0.29, 0.717) is 13.2 Å². The van der Waals surface area contributed by atoms with E-state index < -0.39 is 0 Å². The molecule has 104 valence electrons. The van der Waals surface area contributed by atoms with Crippen molar-refractivity contribution in [2.75, 3.05) is 27.4 Å². The molecule has 1 unspecified atom stereocenters. The molecule has 4 heteroatoms. The summed E-state index contributed by atoms with van der Waals surface area (Å²) in [5.74, 6) is 7.32. The van der Waals surface area contributed by atoms with Crippen LogP contribution in [0.3, 0.4) is 0 Å². The van der Waals surface area contributed by atoms with Crippen molar-refractivity contribution in [1.82, 2.24) is 0 Å². The smallest absolute Gasteiger partial charge is 0.135 e. The van der Waals surface area contributed by atoms with Crippen molar-refractivity contribution in [2.24, 2.45) is 5.73 Å². The Morgan fingerprint density at radius 2 is 2.11 bits per heavy atom. The lowest BCUT2D eigenvalue weighted by molar-refractivity contribution is 0.135. The highest BCUT2D eigenvalue weighted by Gasteiger charge is 2.08. The minimum atomic E-state index is 0.0618. The van der Waals surface area contributed by atoms with Crippen molar-refractivity contribution in [3.05, 3.63) is 23.8 Å². The second-order valence-electron chi connectivity index (χ2n) is 4.08. The summed E-state index contributed by atoms with van der Waals surface area (Å²) in [5.41, 5.74) is 6.19. The highest BCUT2D eigenvalue weighted by Crippen LogP contribution is 2.24. The maximum absolute atomic E-state index is 5.87. The van der Waals surface area contributed by atoms with Crippen molar-refractivity contribution >= 4 is 0 Å². The molecule has 0 amide bonds. The van der Waals surface area contributed by atoms with E-state index in [2.05, 4.69) is 11.8 Å². The van der Waals surface area contributed by atoms with Crippen molar-refractivity contribution in [1.29, 1.82) is 0 Å². The van der Waals surface area contributed by atoms with E-state index in [1.165, 1.54) is 0 Å². The highest BCUT2D eigenvalue weighted by molar-refractivity contribution is 5.50. The minimum absolute atomic E-state index is 0.0618. The van der Waals surface area contributed by atoms with Crippen LogP contribution in [0.15, 0.2) is 18.2 Å². The zero-order valence-corrected chi connectivity index (χ0v) is 11.7. The summed E-state index contributed by atoms with van der Waals surface area (Å²) in [6, 6.07) is 5.57. The van der Waals surface area contributed by atoms with Gasteiger partial charge in [0.2, 0.25) is 0 Å². The first-order valence-corrected chi connectivity index (χ1v) is 6.23. The first kappa shape index (κ1) is 15.4. The van der Waals surface area contributed by atoms with Gasteiger partial charge in [-0.1, -0.05) is 11.8 Å². The Hall–Kier alpha value is -1.70. The summed E-state index contributed by atoms with van der Waals surface area (Å²) < 4.78 is 16.1. The van der Waals surface area contributed by atoms with Crippen LogP contribution in [-0.2, 0) is 4.74 Å². The number of ether oxygens (including phenoxy) is 3. The van der Waals surface area contributed by atoms with Gasteiger partial charge in [-0.3, -0.25) is 0 Å².